The van der Waals surface area contributed by atoms with E-state index in [1.165, 1.54) is 17.0 Å². The van der Waals surface area contributed by atoms with Gasteiger partial charge in [-0.2, -0.15) is 0 Å². The highest BCUT2D eigenvalue weighted by Crippen LogP contribution is 2.14. The number of carbonyl (C=O) groups is 2. The zero-order valence-electron chi connectivity index (χ0n) is 8.54. The van der Waals surface area contributed by atoms with Gasteiger partial charge >= 0.3 is 5.97 Å². The predicted octanol–water partition coefficient (Wildman–Crippen LogP) is 0.795. The number of hydrogen-bond donors (Lipinski definition) is 2. The second-order valence-electron chi connectivity index (χ2n) is 2.89. The summed E-state index contributed by atoms with van der Waals surface area (Å²) in [4.78, 5) is 21.1. The molecule has 0 radical (unpaired) electrons. The Hall–Kier alpha value is -2.04. The van der Waals surface area contributed by atoms with E-state index in [4.69, 9.17) is 10.2 Å². The summed E-state index contributed by atoms with van der Waals surface area (Å²) in [6, 6.07) is 5.81. The number of carboxylic acids is 1. The Bertz CT molecular complexity index is 336. The van der Waals surface area contributed by atoms with Crippen molar-refractivity contribution in [2.24, 2.45) is 0 Å². The van der Waals surface area contributed by atoms with Crippen molar-refractivity contribution in [1.82, 2.24) is 4.90 Å². The topological polar surface area (TPSA) is 77.8 Å². The van der Waals surface area contributed by atoms with Crippen molar-refractivity contribution >= 4 is 12.4 Å². The molecular weight excluding hydrogens is 198 g/mol. The smallest absolute Gasteiger partial charge is 0.339 e. The first kappa shape index (κ1) is 13.0. The molecule has 0 spiro atoms. The first-order chi connectivity index (χ1) is 6.99. The van der Waals surface area contributed by atoms with Crippen LogP contribution in [0.25, 0.3) is 0 Å². The number of benzene rings is 1. The van der Waals surface area contributed by atoms with Crippen LogP contribution in [0.3, 0.4) is 0 Å². The molecule has 0 aromatic heterocycles. The van der Waals surface area contributed by atoms with Crippen molar-refractivity contribution in [2.45, 2.75) is 0 Å². The molecule has 0 aliphatic heterocycles. The molecule has 82 valence electrons. The number of carbonyl (C=O) groups excluding carboxylic acids is 1. The van der Waals surface area contributed by atoms with Gasteiger partial charge in [-0.25, -0.2) is 4.79 Å². The fraction of sp³-hybridized carbons (Fsp3) is 0.200. The van der Waals surface area contributed by atoms with Gasteiger partial charge in [0, 0.05) is 14.1 Å². The van der Waals surface area contributed by atoms with Crippen molar-refractivity contribution in [1.29, 1.82) is 0 Å². The maximum atomic E-state index is 10.3. The van der Waals surface area contributed by atoms with E-state index >= 15 is 0 Å². The number of para-hydroxylation sites is 1. The Kier molecular flexibility index (Phi) is 5.55. The van der Waals surface area contributed by atoms with Crippen LogP contribution in [0.4, 0.5) is 0 Å². The van der Waals surface area contributed by atoms with Crippen LogP contribution in [-0.2, 0) is 4.79 Å². The number of phenols is 1. The Morgan fingerprint density at radius 3 is 2.07 bits per heavy atom. The molecule has 0 aliphatic carbocycles. The van der Waals surface area contributed by atoms with Crippen LogP contribution < -0.4 is 0 Å². The lowest BCUT2D eigenvalue weighted by Crippen LogP contribution is -2.06. The summed E-state index contributed by atoms with van der Waals surface area (Å²) >= 11 is 0. The maximum Gasteiger partial charge on any atom is 0.339 e. The van der Waals surface area contributed by atoms with Crippen molar-refractivity contribution < 1.29 is 19.8 Å². The average molecular weight is 211 g/mol. The van der Waals surface area contributed by atoms with Gasteiger partial charge in [0.15, 0.2) is 0 Å². The minimum absolute atomic E-state index is 0.0671. The van der Waals surface area contributed by atoms with Gasteiger partial charge in [-0.15, -0.1) is 0 Å². The fourth-order valence-electron chi connectivity index (χ4n) is 0.654. The molecule has 0 saturated heterocycles. The van der Waals surface area contributed by atoms with Gasteiger partial charge in [0.25, 0.3) is 0 Å². The van der Waals surface area contributed by atoms with Crippen molar-refractivity contribution in [3.63, 3.8) is 0 Å². The molecule has 0 heterocycles. The second-order valence-corrected chi connectivity index (χ2v) is 2.89. The number of aromatic carboxylic acids is 1. The SMILES string of the molecule is CN(C)C=O.O=C(O)c1ccccc1O. The minimum Gasteiger partial charge on any atom is -0.507 e. The van der Waals surface area contributed by atoms with Crippen LogP contribution in [0, 0.1) is 0 Å². The Morgan fingerprint density at radius 1 is 1.33 bits per heavy atom. The van der Waals surface area contributed by atoms with E-state index in [2.05, 4.69) is 0 Å². The summed E-state index contributed by atoms with van der Waals surface area (Å²) in [5.74, 6) is -1.31. The zero-order valence-corrected chi connectivity index (χ0v) is 8.54. The lowest BCUT2D eigenvalue weighted by molar-refractivity contribution is -0.115. The molecule has 0 unspecified atom stereocenters. The fourth-order valence-corrected chi connectivity index (χ4v) is 0.654. The van der Waals surface area contributed by atoms with Gasteiger partial charge in [-0.05, 0) is 12.1 Å². The molecule has 0 bridgehead atoms. The van der Waals surface area contributed by atoms with E-state index < -0.39 is 5.97 Å². The number of carboxylic acid groups (broad SMARTS) is 1. The molecule has 1 aromatic carbocycles. The lowest BCUT2D eigenvalue weighted by Gasteiger charge is -1.95. The number of hydrogen-bond acceptors (Lipinski definition) is 3. The van der Waals surface area contributed by atoms with Gasteiger partial charge in [0.05, 0.1) is 0 Å². The highest BCUT2D eigenvalue weighted by atomic mass is 16.4. The molecule has 0 fully saturated rings. The molecule has 0 aliphatic rings. The van der Waals surface area contributed by atoms with Crippen molar-refractivity contribution in [3.05, 3.63) is 29.8 Å². The molecule has 15 heavy (non-hydrogen) atoms. The Morgan fingerprint density at radius 2 is 1.80 bits per heavy atom. The number of aromatic hydroxyl groups is 1. The Labute approximate surface area is 87.6 Å². The quantitative estimate of drug-likeness (QED) is 0.709. The lowest BCUT2D eigenvalue weighted by atomic mass is 10.2. The second kappa shape index (κ2) is 6.42. The minimum atomic E-state index is -1.11. The standard InChI is InChI=1S/C7H6O3.C3H7NO/c8-6-4-2-1-3-5(6)7(9)10;1-4(2)3-5/h1-4,8H,(H,9,10);3H,1-2H3. The summed E-state index contributed by atoms with van der Waals surface area (Å²) in [5, 5.41) is 17.3. The summed E-state index contributed by atoms with van der Waals surface area (Å²) in [6.07, 6.45) is 0.750. The van der Waals surface area contributed by atoms with E-state index in [0.29, 0.717) is 0 Å². The van der Waals surface area contributed by atoms with E-state index in [-0.39, 0.29) is 11.3 Å². The first-order valence-electron chi connectivity index (χ1n) is 4.12. The van der Waals surface area contributed by atoms with Crippen molar-refractivity contribution in [2.75, 3.05) is 14.1 Å². The molecular formula is C10H13NO4. The van der Waals surface area contributed by atoms with Gasteiger partial charge < -0.3 is 15.1 Å². The van der Waals surface area contributed by atoms with Crippen LogP contribution in [0.1, 0.15) is 10.4 Å². The normalized spacial score (nSPS) is 8.40. The number of nitrogens with zero attached hydrogens (tertiary/aromatic N) is 1. The van der Waals surface area contributed by atoms with Gasteiger partial charge in [0.2, 0.25) is 6.41 Å². The van der Waals surface area contributed by atoms with Gasteiger partial charge in [0.1, 0.15) is 11.3 Å². The zero-order chi connectivity index (χ0) is 11.8. The van der Waals surface area contributed by atoms with Crippen LogP contribution in [0.5, 0.6) is 5.75 Å². The molecule has 1 amide bonds. The third kappa shape index (κ3) is 5.30. The van der Waals surface area contributed by atoms with Gasteiger partial charge in [-0.1, -0.05) is 12.1 Å². The molecule has 1 aromatic rings. The Balaban J connectivity index is 0.000000336. The van der Waals surface area contributed by atoms with Crippen LogP contribution >= 0.6 is 0 Å². The molecule has 5 nitrogen and oxygen atoms in total. The molecule has 0 saturated carbocycles. The van der Waals surface area contributed by atoms with Gasteiger partial charge in [-0.3, -0.25) is 4.79 Å². The number of amides is 1. The summed E-state index contributed by atoms with van der Waals surface area (Å²) in [5.41, 5.74) is -0.0671. The molecule has 0 atom stereocenters. The van der Waals surface area contributed by atoms with Crippen LogP contribution in [-0.4, -0.2) is 41.6 Å². The molecule has 2 N–H and O–H groups in total. The molecule has 5 heteroatoms. The third-order valence-corrected chi connectivity index (χ3v) is 1.35. The third-order valence-electron chi connectivity index (χ3n) is 1.35. The maximum absolute atomic E-state index is 10.3. The predicted molar refractivity (Wildman–Crippen MR) is 54.8 cm³/mol. The average Bonchev–Trinajstić information content (AvgIpc) is 2.19. The highest BCUT2D eigenvalue weighted by molar-refractivity contribution is 5.90. The monoisotopic (exact) mass is 211 g/mol. The van der Waals surface area contributed by atoms with E-state index in [0.717, 1.165) is 6.41 Å². The summed E-state index contributed by atoms with van der Waals surface area (Å²) < 4.78 is 0. The first-order valence-corrected chi connectivity index (χ1v) is 4.12. The molecule has 1 rings (SSSR count). The summed E-state index contributed by atoms with van der Waals surface area (Å²) in [7, 11) is 3.38. The largest absolute Gasteiger partial charge is 0.507 e. The van der Waals surface area contributed by atoms with E-state index in [9.17, 15) is 9.59 Å². The van der Waals surface area contributed by atoms with Crippen LogP contribution in [0.2, 0.25) is 0 Å². The number of rotatable bonds is 2. The van der Waals surface area contributed by atoms with E-state index in [1.54, 1.807) is 26.2 Å². The van der Waals surface area contributed by atoms with Crippen molar-refractivity contribution in [3.8, 4) is 5.75 Å². The van der Waals surface area contributed by atoms with Crippen LogP contribution in [0.15, 0.2) is 24.3 Å². The highest BCUT2D eigenvalue weighted by Gasteiger charge is 2.05. The summed E-state index contributed by atoms with van der Waals surface area (Å²) in [6.45, 7) is 0. The van der Waals surface area contributed by atoms with E-state index in [1.807, 2.05) is 0 Å².